The molecule has 0 saturated heterocycles. The van der Waals surface area contributed by atoms with Gasteiger partial charge < -0.3 is 9.88 Å². The Bertz CT molecular complexity index is 973. The van der Waals surface area contributed by atoms with Gasteiger partial charge in [0.2, 0.25) is 5.91 Å². The Morgan fingerprint density at radius 3 is 2.80 bits per heavy atom. The second kappa shape index (κ2) is 6.88. The van der Waals surface area contributed by atoms with Crippen molar-refractivity contribution in [2.75, 3.05) is 6.54 Å². The van der Waals surface area contributed by atoms with Crippen molar-refractivity contribution in [2.45, 2.75) is 33.4 Å². The molecule has 0 aliphatic heterocycles. The molecule has 7 nitrogen and oxygen atoms in total. The molecule has 0 fully saturated rings. The number of aromatic nitrogens is 4. The van der Waals surface area contributed by atoms with Gasteiger partial charge in [-0.3, -0.25) is 9.36 Å². The largest absolute Gasteiger partial charge is 0.353 e. The molecule has 0 radical (unpaired) electrons. The number of rotatable bonds is 5. The van der Waals surface area contributed by atoms with E-state index in [1.807, 2.05) is 48.7 Å². The minimum Gasteiger partial charge on any atom is -0.353 e. The minimum atomic E-state index is -0.388. The van der Waals surface area contributed by atoms with E-state index < -0.39 is 0 Å². The van der Waals surface area contributed by atoms with Crippen molar-refractivity contribution < 1.29 is 4.79 Å². The van der Waals surface area contributed by atoms with Gasteiger partial charge in [0, 0.05) is 24.5 Å². The van der Waals surface area contributed by atoms with Crippen LogP contribution in [0.15, 0.2) is 41.5 Å². The van der Waals surface area contributed by atoms with Gasteiger partial charge in [-0.1, -0.05) is 12.1 Å². The number of hydrogen-bond donors (Lipinski definition) is 1. The van der Waals surface area contributed by atoms with Crippen molar-refractivity contribution in [3.05, 3.63) is 58.5 Å². The molecule has 0 spiro atoms. The SMILES string of the molecule is Cc1cc(C)n(CCNC(=O)C(C)n2cnc3ccccc32)c(=O)n1. The second-order valence-corrected chi connectivity index (χ2v) is 6.08. The van der Waals surface area contributed by atoms with E-state index >= 15 is 0 Å². The first kappa shape index (κ1) is 16.9. The smallest absolute Gasteiger partial charge is 0.348 e. The van der Waals surface area contributed by atoms with Crippen LogP contribution in [0.2, 0.25) is 0 Å². The van der Waals surface area contributed by atoms with E-state index in [0.717, 1.165) is 16.7 Å². The zero-order valence-corrected chi connectivity index (χ0v) is 14.6. The number of hydrogen-bond acceptors (Lipinski definition) is 4. The number of imidazole rings is 1. The first-order chi connectivity index (χ1) is 12.0. The van der Waals surface area contributed by atoms with Gasteiger partial charge in [-0.05, 0) is 39.0 Å². The third kappa shape index (κ3) is 3.45. The van der Waals surface area contributed by atoms with Crippen LogP contribution in [0.3, 0.4) is 0 Å². The lowest BCUT2D eigenvalue weighted by Crippen LogP contribution is -2.36. The van der Waals surface area contributed by atoms with Crippen molar-refractivity contribution in [2.24, 2.45) is 0 Å². The number of carbonyl (C=O) groups excluding carboxylic acids is 1. The Hall–Kier alpha value is -2.96. The molecule has 2 heterocycles. The molecule has 1 aromatic carbocycles. The van der Waals surface area contributed by atoms with Crippen LogP contribution >= 0.6 is 0 Å². The average Bonchev–Trinajstić information content (AvgIpc) is 3.00. The molecule has 3 rings (SSSR count). The van der Waals surface area contributed by atoms with Crippen LogP contribution < -0.4 is 11.0 Å². The van der Waals surface area contributed by atoms with Crippen molar-refractivity contribution >= 4 is 16.9 Å². The number of nitrogens with zero attached hydrogens (tertiary/aromatic N) is 4. The molecule has 1 amide bonds. The number of carbonyl (C=O) groups is 1. The zero-order chi connectivity index (χ0) is 18.0. The lowest BCUT2D eigenvalue weighted by atomic mass is 10.2. The molecular formula is C18H21N5O2. The van der Waals surface area contributed by atoms with Gasteiger partial charge in [0.15, 0.2) is 0 Å². The maximum absolute atomic E-state index is 12.4. The van der Waals surface area contributed by atoms with Crippen LogP contribution in [0.4, 0.5) is 0 Å². The number of amides is 1. The number of nitrogens with one attached hydrogen (secondary N) is 1. The fourth-order valence-corrected chi connectivity index (χ4v) is 2.90. The lowest BCUT2D eigenvalue weighted by Gasteiger charge is -2.15. The van der Waals surface area contributed by atoms with Gasteiger partial charge in [-0.25, -0.2) is 9.78 Å². The van der Waals surface area contributed by atoms with E-state index in [4.69, 9.17) is 0 Å². The molecule has 2 aromatic heterocycles. The maximum atomic E-state index is 12.4. The minimum absolute atomic E-state index is 0.117. The summed E-state index contributed by atoms with van der Waals surface area (Å²) in [5, 5.41) is 2.88. The Morgan fingerprint density at radius 1 is 1.28 bits per heavy atom. The van der Waals surface area contributed by atoms with E-state index in [0.29, 0.717) is 18.8 Å². The summed E-state index contributed by atoms with van der Waals surface area (Å²) in [7, 11) is 0. The molecule has 1 atom stereocenters. The van der Waals surface area contributed by atoms with Gasteiger partial charge in [-0.2, -0.15) is 4.98 Å². The summed E-state index contributed by atoms with van der Waals surface area (Å²) >= 11 is 0. The van der Waals surface area contributed by atoms with Crippen molar-refractivity contribution in [1.82, 2.24) is 24.4 Å². The van der Waals surface area contributed by atoms with Crippen LogP contribution in [-0.2, 0) is 11.3 Å². The highest BCUT2D eigenvalue weighted by molar-refractivity contribution is 5.83. The van der Waals surface area contributed by atoms with E-state index in [1.165, 1.54) is 0 Å². The van der Waals surface area contributed by atoms with Crippen LogP contribution in [0, 0.1) is 13.8 Å². The topological polar surface area (TPSA) is 81.8 Å². The fourth-order valence-electron chi connectivity index (χ4n) is 2.90. The first-order valence-electron chi connectivity index (χ1n) is 8.21. The Morgan fingerprint density at radius 2 is 2.04 bits per heavy atom. The molecular weight excluding hydrogens is 318 g/mol. The van der Waals surface area contributed by atoms with E-state index in [1.54, 1.807) is 17.8 Å². The Kier molecular flexibility index (Phi) is 4.65. The zero-order valence-electron chi connectivity index (χ0n) is 14.6. The third-order valence-electron chi connectivity index (χ3n) is 4.26. The highest BCUT2D eigenvalue weighted by atomic mass is 16.2. The van der Waals surface area contributed by atoms with E-state index in [-0.39, 0.29) is 17.6 Å². The average molecular weight is 339 g/mol. The number of fused-ring (bicyclic) bond motifs is 1. The lowest BCUT2D eigenvalue weighted by molar-refractivity contribution is -0.123. The van der Waals surface area contributed by atoms with Gasteiger partial charge in [0.1, 0.15) is 6.04 Å². The van der Waals surface area contributed by atoms with Crippen LogP contribution in [0.5, 0.6) is 0 Å². The van der Waals surface area contributed by atoms with Crippen LogP contribution in [0.25, 0.3) is 11.0 Å². The second-order valence-electron chi connectivity index (χ2n) is 6.08. The molecule has 1 N–H and O–H groups in total. The molecule has 0 aliphatic carbocycles. The summed E-state index contributed by atoms with van der Waals surface area (Å²) < 4.78 is 3.40. The molecule has 0 aliphatic rings. The molecule has 0 saturated carbocycles. The number of aryl methyl sites for hydroxylation is 2. The van der Waals surface area contributed by atoms with E-state index in [2.05, 4.69) is 15.3 Å². The monoisotopic (exact) mass is 339 g/mol. The summed E-state index contributed by atoms with van der Waals surface area (Å²) in [6.45, 7) is 6.23. The predicted molar refractivity (Wildman–Crippen MR) is 95.4 cm³/mol. The summed E-state index contributed by atoms with van der Waals surface area (Å²) in [5.41, 5.74) is 3.01. The van der Waals surface area contributed by atoms with Gasteiger partial charge >= 0.3 is 5.69 Å². The van der Waals surface area contributed by atoms with Crippen LogP contribution in [-0.4, -0.2) is 31.6 Å². The Balaban J connectivity index is 1.66. The van der Waals surface area contributed by atoms with E-state index in [9.17, 15) is 9.59 Å². The highest BCUT2D eigenvalue weighted by Gasteiger charge is 2.16. The Labute approximate surface area is 145 Å². The highest BCUT2D eigenvalue weighted by Crippen LogP contribution is 2.17. The predicted octanol–water partition coefficient (Wildman–Crippen LogP) is 1.59. The summed E-state index contributed by atoms with van der Waals surface area (Å²) in [5.74, 6) is -0.117. The normalized spacial score (nSPS) is 12.3. The summed E-state index contributed by atoms with van der Waals surface area (Å²) in [6.07, 6.45) is 1.67. The molecule has 130 valence electrons. The quantitative estimate of drug-likeness (QED) is 0.765. The summed E-state index contributed by atoms with van der Waals surface area (Å²) in [6, 6.07) is 9.15. The number of benzene rings is 1. The molecule has 3 aromatic rings. The first-order valence-corrected chi connectivity index (χ1v) is 8.21. The van der Waals surface area contributed by atoms with Crippen LogP contribution in [0.1, 0.15) is 24.4 Å². The molecule has 0 bridgehead atoms. The van der Waals surface area contributed by atoms with Gasteiger partial charge in [-0.15, -0.1) is 0 Å². The summed E-state index contributed by atoms with van der Waals surface area (Å²) in [4.78, 5) is 32.6. The standard InChI is InChI=1S/C18H21N5O2/c1-12-10-13(2)22(18(25)21-12)9-8-19-17(24)14(3)23-11-20-15-6-4-5-7-16(15)23/h4-7,10-11,14H,8-9H2,1-3H3,(H,19,24). The fraction of sp³-hybridized carbons (Fsp3) is 0.333. The number of para-hydroxylation sites is 2. The molecule has 25 heavy (non-hydrogen) atoms. The van der Waals surface area contributed by atoms with Crippen molar-refractivity contribution in [3.8, 4) is 0 Å². The van der Waals surface area contributed by atoms with Crippen molar-refractivity contribution in [1.29, 1.82) is 0 Å². The van der Waals surface area contributed by atoms with Crippen molar-refractivity contribution in [3.63, 3.8) is 0 Å². The third-order valence-corrected chi connectivity index (χ3v) is 4.26. The maximum Gasteiger partial charge on any atom is 0.348 e. The molecule has 1 unspecified atom stereocenters. The van der Waals surface area contributed by atoms with Gasteiger partial charge in [0.05, 0.1) is 17.4 Å². The molecule has 7 heteroatoms. The van der Waals surface area contributed by atoms with Gasteiger partial charge in [0.25, 0.3) is 0 Å².